The number of amides is 1. The molecule has 1 aromatic carbocycles. The second kappa shape index (κ2) is 5.33. The average Bonchev–Trinajstić information content (AvgIpc) is 2.33. The van der Waals surface area contributed by atoms with E-state index in [1.54, 1.807) is 4.90 Å². The van der Waals surface area contributed by atoms with E-state index < -0.39 is 0 Å². The lowest BCUT2D eigenvalue weighted by Crippen LogP contribution is -2.47. The molecule has 104 valence electrons. The molecule has 0 saturated carbocycles. The third-order valence-corrected chi connectivity index (χ3v) is 3.76. The molecule has 0 unspecified atom stereocenters. The van der Waals surface area contributed by atoms with Gasteiger partial charge in [0.1, 0.15) is 0 Å². The fourth-order valence-corrected chi connectivity index (χ4v) is 2.31. The van der Waals surface area contributed by atoms with Crippen LogP contribution in [0.25, 0.3) is 0 Å². The summed E-state index contributed by atoms with van der Waals surface area (Å²) in [6.45, 7) is 9.87. The molecule has 1 aromatic rings. The minimum Gasteiger partial charge on any atom is -0.343 e. The van der Waals surface area contributed by atoms with Crippen LogP contribution >= 0.6 is 0 Å². The van der Waals surface area contributed by atoms with Crippen LogP contribution in [0.15, 0.2) is 24.3 Å². The topological polar surface area (TPSA) is 23.6 Å². The summed E-state index contributed by atoms with van der Waals surface area (Å²) in [5.41, 5.74) is 2.83. The Bertz CT molecular complexity index is 445. The minimum atomic E-state index is 0.197. The van der Waals surface area contributed by atoms with Crippen molar-refractivity contribution in [1.29, 1.82) is 0 Å². The second-order valence-corrected chi connectivity index (χ2v) is 6.47. The number of hydrogen-bond acceptors (Lipinski definition) is 2. The number of likely N-dealkylation sites (N-methyl/N-ethyl adjacent to an activating group) is 1. The largest absolute Gasteiger partial charge is 0.343 e. The van der Waals surface area contributed by atoms with Crippen LogP contribution in [-0.2, 0) is 16.8 Å². The highest BCUT2D eigenvalue weighted by molar-refractivity contribution is 5.78. The van der Waals surface area contributed by atoms with Gasteiger partial charge < -0.3 is 4.90 Å². The fourth-order valence-electron chi connectivity index (χ4n) is 2.31. The van der Waals surface area contributed by atoms with E-state index in [1.165, 1.54) is 11.1 Å². The summed E-state index contributed by atoms with van der Waals surface area (Å²) < 4.78 is 0. The molecule has 0 radical (unpaired) electrons. The first-order valence-electron chi connectivity index (χ1n) is 6.92. The summed E-state index contributed by atoms with van der Waals surface area (Å²) in [6, 6.07) is 8.77. The Hall–Kier alpha value is -1.35. The third-order valence-electron chi connectivity index (χ3n) is 3.76. The van der Waals surface area contributed by atoms with Gasteiger partial charge in [0, 0.05) is 26.7 Å². The van der Waals surface area contributed by atoms with Crippen LogP contribution in [0.3, 0.4) is 0 Å². The molecule has 0 spiro atoms. The molecule has 0 atom stereocenters. The molecule has 1 aliphatic rings. The normalized spacial score (nSPS) is 17.9. The fraction of sp³-hybridized carbons (Fsp3) is 0.562. The highest BCUT2D eigenvalue weighted by Gasteiger charge is 2.21. The molecule has 3 heteroatoms. The Kier molecular flexibility index (Phi) is 3.95. The van der Waals surface area contributed by atoms with Gasteiger partial charge in [-0.05, 0) is 16.5 Å². The van der Waals surface area contributed by atoms with E-state index in [-0.39, 0.29) is 11.3 Å². The zero-order chi connectivity index (χ0) is 14.0. The van der Waals surface area contributed by atoms with Crippen molar-refractivity contribution >= 4 is 5.91 Å². The molecule has 2 rings (SSSR count). The van der Waals surface area contributed by atoms with Crippen molar-refractivity contribution < 1.29 is 4.79 Å². The highest BCUT2D eigenvalue weighted by atomic mass is 16.2. The van der Waals surface area contributed by atoms with E-state index in [0.29, 0.717) is 6.54 Å². The molecule has 1 saturated heterocycles. The first-order chi connectivity index (χ1) is 8.86. The van der Waals surface area contributed by atoms with Crippen LogP contribution in [0.4, 0.5) is 0 Å². The van der Waals surface area contributed by atoms with Crippen molar-refractivity contribution in [2.24, 2.45) is 0 Å². The van der Waals surface area contributed by atoms with Crippen molar-refractivity contribution in [2.45, 2.75) is 32.7 Å². The first-order valence-corrected chi connectivity index (χ1v) is 6.92. The predicted octanol–water partition coefficient (Wildman–Crippen LogP) is 2.26. The van der Waals surface area contributed by atoms with Crippen LogP contribution in [0.1, 0.15) is 31.9 Å². The van der Waals surface area contributed by atoms with Gasteiger partial charge in [0.15, 0.2) is 0 Å². The van der Waals surface area contributed by atoms with Gasteiger partial charge in [-0.3, -0.25) is 9.69 Å². The van der Waals surface area contributed by atoms with Crippen LogP contribution in [0.5, 0.6) is 0 Å². The number of rotatable bonds is 2. The number of carbonyl (C=O) groups is 1. The Morgan fingerprint density at radius 3 is 2.26 bits per heavy atom. The number of hydrogen-bond donors (Lipinski definition) is 0. The molecule has 0 aliphatic carbocycles. The van der Waals surface area contributed by atoms with Crippen molar-refractivity contribution in [1.82, 2.24) is 9.80 Å². The summed E-state index contributed by atoms with van der Waals surface area (Å²) in [4.78, 5) is 15.7. The lowest BCUT2D eigenvalue weighted by molar-refractivity contribution is -0.134. The summed E-state index contributed by atoms with van der Waals surface area (Å²) in [6.07, 6.45) is 0. The van der Waals surface area contributed by atoms with E-state index >= 15 is 0 Å². The average molecular weight is 260 g/mol. The second-order valence-electron chi connectivity index (χ2n) is 6.47. The summed E-state index contributed by atoms with van der Waals surface area (Å²) >= 11 is 0. The van der Waals surface area contributed by atoms with Crippen molar-refractivity contribution in [3.63, 3.8) is 0 Å². The molecule has 0 aromatic heterocycles. The number of benzene rings is 1. The van der Waals surface area contributed by atoms with Gasteiger partial charge in [-0.2, -0.15) is 0 Å². The van der Waals surface area contributed by atoms with E-state index in [2.05, 4.69) is 49.9 Å². The zero-order valence-electron chi connectivity index (χ0n) is 12.4. The molecular weight excluding hydrogens is 236 g/mol. The van der Waals surface area contributed by atoms with E-state index in [9.17, 15) is 4.79 Å². The van der Waals surface area contributed by atoms with Gasteiger partial charge >= 0.3 is 0 Å². The molecule has 0 bridgehead atoms. The number of carbonyl (C=O) groups excluding carboxylic acids is 1. The van der Waals surface area contributed by atoms with Gasteiger partial charge in [0.25, 0.3) is 0 Å². The van der Waals surface area contributed by atoms with Gasteiger partial charge in [-0.15, -0.1) is 0 Å². The minimum absolute atomic E-state index is 0.197. The van der Waals surface area contributed by atoms with E-state index in [1.807, 2.05) is 7.05 Å². The predicted molar refractivity (Wildman–Crippen MR) is 78.1 cm³/mol. The maximum Gasteiger partial charge on any atom is 0.236 e. The Balaban J connectivity index is 1.98. The van der Waals surface area contributed by atoms with Crippen LogP contribution < -0.4 is 0 Å². The molecule has 0 N–H and O–H groups in total. The molecule has 1 fully saturated rings. The number of nitrogens with zero attached hydrogens (tertiary/aromatic N) is 2. The standard InChI is InChI=1S/C16H24N2O/c1-16(2,3)14-7-5-13(6-8-14)11-18-10-9-17(4)15(19)12-18/h5-8H,9-12H2,1-4H3. The Morgan fingerprint density at radius 1 is 1.11 bits per heavy atom. The van der Waals surface area contributed by atoms with Crippen molar-refractivity contribution in [2.75, 3.05) is 26.7 Å². The summed E-state index contributed by atoms with van der Waals surface area (Å²) in [5, 5.41) is 0. The highest BCUT2D eigenvalue weighted by Crippen LogP contribution is 2.22. The van der Waals surface area contributed by atoms with E-state index in [4.69, 9.17) is 0 Å². The van der Waals surface area contributed by atoms with Crippen molar-refractivity contribution in [3.05, 3.63) is 35.4 Å². The maximum absolute atomic E-state index is 11.7. The van der Waals surface area contributed by atoms with Gasteiger partial charge in [-0.25, -0.2) is 0 Å². The molecule has 3 nitrogen and oxygen atoms in total. The third kappa shape index (κ3) is 3.57. The summed E-state index contributed by atoms with van der Waals surface area (Å²) in [5.74, 6) is 0.220. The molecule has 19 heavy (non-hydrogen) atoms. The van der Waals surface area contributed by atoms with Crippen LogP contribution in [0, 0.1) is 0 Å². The van der Waals surface area contributed by atoms with Crippen molar-refractivity contribution in [3.8, 4) is 0 Å². The SMILES string of the molecule is CN1CCN(Cc2ccc(C(C)(C)C)cc2)CC1=O. The summed E-state index contributed by atoms with van der Waals surface area (Å²) in [7, 11) is 1.87. The van der Waals surface area contributed by atoms with Gasteiger partial charge in [-0.1, -0.05) is 45.0 Å². The Labute approximate surface area is 116 Å². The molecule has 1 heterocycles. The lowest BCUT2D eigenvalue weighted by Gasteiger charge is -2.32. The smallest absolute Gasteiger partial charge is 0.236 e. The Morgan fingerprint density at radius 2 is 1.74 bits per heavy atom. The van der Waals surface area contributed by atoms with Crippen LogP contribution in [-0.4, -0.2) is 42.4 Å². The molecule has 1 aliphatic heterocycles. The van der Waals surface area contributed by atoms with Crippen LogP contribution in [0.2, 0.25) is 0 Å². The van der Waals surface area contributed by atoms with Gasteiger partial charge in [0.05, 0.1) is 6.54 Å². The number of piperazine rings is 1. The zero-order valence-corrected chi connectivity index (χ0v) is 12.4. The van der Waals surface area contributed by atoms with Gasteiger partial charge in [0.2, 0.25) is 5.91 Å². The maximum atomic E-state index is 11.7. The quantitative estimate of drug-likeness (QED) is 0.814. The monoisotopic (exact) mass is 260 g/mol. The van der Waals surface area contributed by atoms with E-state index in [0.717, 1.165) is 19.6 Å². The first kappa shape index (κ1) is 14.1. The molecule has 1 amide bonds. The molecular formula is C16H24N2O. The lowest BCUT2D eigenvalue weighted by atomic mass is 9.87.